The van der Waals surface area contributed by atoms with E-state index in [1.807, 2.05) is 6.08 Å². The van der Waals surface area contributed by atoms with Crippen LogP contribution in [0.2, 0.25) is 0 Å². The molecule has 0 aliphatic heterocycles. The average molecular weight is 297 g/mol. The van der Waals surface area contributed by atoms with E-state index >= 15 is 0 Å². The maximum absolute atomic E-state index is 11.6. The molecule has 5 heteroatoms. The summed E-state index contributed by atoms with van der Waals surface area (Å²) in [4.78, 5) is 22.3. The van der Waals surface area contributed by atoms with Crippen LogP contribution in [0.25, 0.3) is 0 Å². The number of nitrogens with one attached hydrogen (secondary N) is 2. The molecule has 21 heavy (non-hydrogen) atoms. The summed E-state index contributed by atoms with van der Waals surface area (Å²) in [6.45, 7) is 6.39. The Kier molecular flexibility index (Phi) is 11.6. The molecule has 0 saturated heterocycles. The molecular weight excluding hydrogens is 266 g/mol. The van der Waals surface area contributed by atoms with E-state index in [-0.39, 0.29) is 11.8 Å². The zero-order chi connectivity index (χ0) is 16.1. The Morgan fingerprint density at radius 3 is 2.43 bits per heavy atom. The third kappa shape index (κ3) is 13.4. The summed E-state index contributed by atoms with van der Waals surface area (Å²) in [7, 11) is 0. The van der Waals surface area contributed by atoms with Gasteiger partial charge >= 0.3 is 0 Å². The van der Waals surface area contributed by atoms with E-state index in [1.165, 1.54) is 6.92 Å². The summed E-state index contributed by atoms with van der Waals surface area (Å²) in [5, 5.41) is 5.50. The fourth-order valence-electron chi connectivity index (χ4n) is 1.95. The van der Waals surface area contributed by atoms with Gasteiger partial charge in [-0.3, -0.25) is 9.59 Å². The molecule has 0 spiro atoms. The number of hydrogen-bond acceptors (Lipinski definition) is 3. The standard InChI is InChI=1S/C16H31N3O2/c1-13(2)12-15(17)16(21)19-11-9-7-5-4-6-8-10-18-14(3)20/h9,11,13,15H,4-8,10,12,17H2,1-3H3,(H,18,20)(H,19,21)/t15-/m0/s1. The summed E-state index contributed by atoms with van der Waals surface area (Å²) < 4.78 is 0. The first-order chi connectivity index (χ1) is 9.93. The number of hydrogen-bond donors (Lipinski definition) is 3. The molecule has 1 atom stereocenters. The van der Waals surface area contributed by atoms with E-state index < -0.39 is 6.04 Å². The minimum Gasteiger partial charge on any atom is -0.356 e. The van der Waals surface area contributed by atoms with Crippen LogP contribution in [0.15, 0.2) is 12.3 Å². The highest BCUT2D eigenvalue weighted by atomic mass is 16.2. The Bertz CT molecular complexity index is 327. The molecule has 2 amide bonds. The minimum atomic E-state index is -0.427. The predicted octanol–water partition coefficient (Wildman–Crippen LogP) is 2.08. The Morgan fingerprint density at radius 2 is 1.81 bits per heavy atom. The van der Waals surface area contributed by atoms with Crippen LogP contribution in [0.4, 0.5) is 0 Å². The molecule has 122 valence electrons. The van der Waals surface area contributed by atoms with E-state index in [4.69, 9.17) is 5.73 Å². The van der Waals surface area contributed by atoms with E-state index in [0.29, 0.717) is 12.3 Å². The van der Waals surface area contributed by atoms with Gasteiger partial charge in [0.2, 0.25) is 11.8 Å². The lowest BCUT2D eigenvalue weighted by Gasteiger charge is -2.12. The van der Waals surface area contributed by atoms with Crippen LogP contribution in [-0.2, 0) is 9.59 Å². The van der Waals surface area contributed by atoms with Gasteiger partial charge in [-0.2, -0.15) is 0 Å². The van der Waals surface area contributed by atoms with Crippen molar-refractivity contribution in [1.82, 2.24) is 10.6 Å². The molecule has 0 bridgehead atoms. The van der Waals surface area contributed by atoms with Crippen LogP contribution in [0, 0.1) is 5.92 Å². The second-order valence-electron chi connectivity index (χ2n) is 5.83. The summed E-state index contributed by atoms with van der Waals surface area (Å²) in [5.41, 5.74) is 5.77. The van der Waals surface area contributed by atoms with Gasteiger partial charge in [0.15, 0.2) is 0 Å². The number of carbonyl (C=O) groups excluding carboxylic acids is 2. The fraction of sp³-hybridized carbons (Fsp3) is 0.750. The monoisotopic (exact) mass is 297 g/mol. The predicted molar refractivity (Wildman–Crippen MR) is 86.5 cm³/mol. The average Bonchev–Trinajstić information content (AvgIpc) is 2.39. The van der Waals surface area contributed by atoms with E-state index in [2.05, 4.69) is 24.5 Å². The van der Waals surface area contributed by atoms with Crippen molar-refractivity contribution in [3.8, 4) is 0 Å². The fourth-order valence-corrected chi connectivity index (χ4v) is 1.95. The molecule has 0 aliphatic carbocycles. The van der Waals surface area contributed by atoms with Crippen LogP contribution in [0.3, 0.4) is 0 Å². The number of amides is 2. The normalized spacial score (nSPS) is 12.6. The highest BCUT2D eigenvalue weighted by Crippen LogP contribution is 2.04. The highest BCUT2D eigenvalue weighted by molar-refractivity contribution is 5.82. The third-order valence-electron chi connectivity index (χ3n) is 3.08. The van der Waals surface area contributed by atoms with Gasteiger partial charge in [0.1, 0.15) is 0 Å². The van der Waals surface area contributed by atoms with Crippen molar-refractivity contribution >= 4 is 11.8 Å². The number of nitrogens with two attached hydrogens (primary N) is 1. The molecule has 0 aromatic heterocycles. The van der Waals surface area contributed by atoms with Crippen molar-refractivity contribution in [2.24, 2.45) is 11.7 Å². The molecule has 4 N–H and O–H groups in total. The van der Waals surface area contributed by atoms with Gasteiger partial charge in [-0.1, -0.05) is 32.8 Å². The van der Waals surface area contributed by atoms with Crippen molar-refractivity contribution in [2.75, 3.05) is 6.54 Å². The van der Waals surface area contributed by atoms with Gasteiger partial charge in [-0.15, -0.1) is 0 Å². The molecule has 0 rings (SSSR count). The van der Waals surface area contributed by atoms with Gasteiger partial charge in [0, 0.05) is 13.5 Å². The van der Waals surface area contributed by atoms with E-state index in [0.717, 1.165) is 38.6 Å². The zero-order valence-electron chi connectivity index (χ0n) is 13.7. The Hall–Kier alpha value is -1.36. The molecular formula is C16H31N3O2. The Labute approximate surface area is 128 Å². The molecule has 0 fully saturated rings. The van der Waals surface area contributed by atoms with Gasteiger partial charge in [-0.05, 0) is 37.8 Å². The molecule has 0 heterocycles. The largest absolute Gasteiger partial charge is 0.356 e. The first-order valence-electron chi connectivity index (χ1n) is 7.89. The van der Waals surface area contributed by atoms with Gasteiger partial charge in [0.25, 0.3) is 0 Å². The lowest BCUT2D eigenvalue weighted by molar-refractivity contribution is -0.121. The first kappa shape index (κ1) is 19.6. The van der Waals surface area contributed by atoms with Crippen molar-refractivity contribution in [3.05, 3.63) is 12.3 Å². The van der Waals surface area contributed by atoms with Crippen LogP contribution in [-0.4, -0.2) is 24.4 Å². The van der Waals surface area contributed by atoms with Crippen molar-refractivity contribution in [2.45, 2.75) is 65.3 Å². The lowest BCUT2D eigenvalue weighted by Crippen LogP contribution is -2.39. The van der Waals surface area contributed by atoms with E-state index in [9.17, 15) is 9.59 Å². The van der Waals surface area contributed by atoms with Crippen LogP contribution in [0.5, 0.6) is 0 Å². The van der Waals surface area contributed by atoms with Crippen molar-refractivity contribution < 1.29 is 9.59 Å². The molecule has 5 nitrogen and oxygen atoms in total. The molecule has 0 aromatic carbocycles. The molecule has 0 aliphatic rings. The Morgan fingerprint density at radius 1 is 1.14 bits per heavy atom. The highest BCUT2D eigenvalue weighted by Gasteiger charge is 2.12. The number of rotatable bonds is 11. The van der Waals surface area contributed by atoms with E-state index in [1.54, 1.807) is 6.20 Å². The summed E-state index contributed by atoms with van der Waals surface area (Å²) in [6.07, 6.45) is 9.65. The molecule has 0 aromatic rings. The lowest BCUT2D eigenvalue weighted by atomic mass is 10.0. The summed E-state index contributed by atoms with van der Waals surface area (Å²) in [6, 6.07) is -0.427. The maximum Gasteiger partial charge on any atom is 0.240 e. The third-order valence-corrected chi connectivity index (χ3v) is 3.08. The minimum absolute atomic E-state index is 0.0318. The van der Waals surface area contributed by atoms with Crippen LogP contribution >= 0.6 is 0 Å². The smallest absolute Gasteiger partial charge is 0.240 e. The Balaban J connectivity index is 3.48. The molecule has 0 saturated carbocycles. The van der Waals surface area contributed by atoms with Crippen molar-refractivity contribution in [1.29, 1.82) is 0 Å². The molecule has 0 radical (unpaired) electrons. The van der Waals surface area contributed by atoms with Gasteiger partial charge in [0.05, 0.1) is 6.04 Å². The van der Waals surface area contributed by atoms with Gasteiger partial charge in [-0.25, -0.2) is 0 Å². The topological polar surface area (TPSA) is 84.2 Å². The first-order valence-corrected chi connectivity index (χ1v) is 7.89. The second kappa shape index (κ2) is 12.4. The number of allylic oxidation sites excluding steroid dienone is 1. The maximum atomic E-state index is 11.6. The molecule has 0 unspecified atom stereocenters. The summed E-state index contributed by atoms with van der Waals surface area (Å²) >= 11 is 0. The van der Waals surface area contributed by atoms with Crippen molar-refractivity contribution in [3.63, 3.8) is 0 Å². The zero-order valence-corrected chi connectivity index (χ0v) is 13.7. The quantitative estimate of drug-likeness (QED) is 0.510. The number of unbranched alkanes of at least 4 members (excludes halogenated alkanes) is 4. The SMILES string of the molecule is CC(=O)NCCCCCCC=CNC(=O)[C@@H](N)CC(C)C. The number of carbonyl (C=O) groups is 2. The van der Waals surface area contributed by atoms with Gasteiger partial charge < -0.3 is 16.4 Å². The summed E-state index contributed by atoms with van der Waals surface area (Å²) in [5.74, 6) is 0.340. The van der Waals surface area contributed by atoms with Crippen LogP contribution in [0.1, 0.15) is 59.3 Å². The second-order valence-corrected chi connectivity index (χ2v) is 5.83. The van der Waals surface area contributed by atoms with Crippen LogP contribution < -0.4 is 16.4 Å².